The minimum Gasteiger partial charge on any atom is -0.369 e. The molecule has 6 nitrogen and oxygen atoms in total. The van der Waals surface area contributed by atoms with Crippen LogP contribution in [0.15, 0.2) is 12.5 Å². The van der Waals surface area contributed by atoms with Crippen LogP contribution in [-0.4, -0.2) is 39.8 Å². The lowest BCUT2D eigenvalue weighted by molar-refractivity contribution is -0.134. The molecule has 0 saturated carbocycles. The third kappa shape index (κ3) is 2.83. The van der Waals surface area contributed by atoms with Gasteiger partial charge in [0, 0.05) is 30.9 Å². The van der Waals surface area contributed by atoms with Gasteiger partial charge in [-0.3, -0.25) is 9.59 Å². The van der Waals surface area contributed by atoms with Crippen LogP contribution in [0.4, 0.5) is 0 Å². The number of aromatic nitrogens is 2. The topological polar surface area (TPSA) is 92.1 Å². The summed E-state index contributed by atoms with van der Waals surface area (Å²) < 4.78 is 0. The summed E-state index contributed by atoms with van der Waals surface area (Å²) in [5.74, 6) is -0.269. The van der Waals surface area contributed by atoms with Crippen molar-refractivity contribution in [1.82, 2.24) is 14.9 Å². The smallest absolute Gasteiger partial charge is 0.228 e. The average molecular weight is 236 g/mol. The SMILES string of the molecule is NC(=O)C1CCN(C(=O)Cc2cnc[nH]2)CC1. The molecule has 3 N–H and O–H groups in total. The van der Waals surface area contributed by atoms with Gasteiger partial charge in [0.2, 0.25) is 11.8 Å². The van der Waals surface area contributed by atoms with E-state index in [0.29, 0.717) is 32.4 Å². The maximum absolute atomic E-state index is 11.9. The lowest BCUT2D eigenvalue weighted by atomic mass is 9.96. The van der Waals surface area contributed by atoms with Gasteiger partial charge in [0.1, 0.15) is 0 Å². The van der Waals surface area contributed by atoms with Gasteiger partial charge in [-0.25, -0.2) is 4.98 Å². The molecule has 1 aliphatic rings. The van der Waals surface area contributed by atoms with E-state index >= 15 is 0 Å². The molecule has 1 aromatic rings. The van der Waals surface area contributed by atoms with E-state index in [1.807, 2.05) is 0 Å². The second kappa shape index (κ2) is 4.99. The van der Waals surface area contributed by atoms with E-state index in [0.717, 1.165) is 5.69 Å². The number of nitrogens with zero attached hydrogens (tertiary/aromatic N) is 2. The molecule has 2 rings (SSSR count). The number of likely N-dealkylation sites (tertiary alicyclic amines) is 1. The molecule has 1 fully saturated rings. The van der Waals surface area contributed by atoms with Crippen LogP contribution in [-0.2, 0) is 16.0 Å². The fraction of sp³-hybridized carbons (Fsp3) is 0.545. The van der Waals surface area contributed by atoms with Crippen molar-refractivity contribution in [3.05, 3.63) is 18.2 Å². The van der Waals surface area contributed by atoms with E-state index < -0.39 is 0 Å². The molecule has 1 aromatic heterocycles. The van der Waals surface area contributed by atoms with Gasteiger partial charge in [0.15, 0.2) is 0 Å². The van der Waals surface area contributed by atoms with Crippen molar-refractivity contribution in [3.8, 4) is 0 Å². The average Bonchev–Trinajstić information content (AvgIpc) is 2.82. The minimum atomic E-state index is -0.259. The van der Waals surface area contributed by atoms with Crippen molar-refractivity contribution in [2.45, 2.75) is 19.3 Å². The van der Waals surface area contributed by atoms with Crippen molar-refractivity contribution in [1.29, 1.82) is 0 Å². The summed E-state index contributed by atoms with van der Waals surface area (Å²) in [5.41, 5.74) is 6.05. The molecule has 2 heterocycles. The molecule has 0 radical (unpaired) electrons. The minimum absolute atomic E-state index is 0.0668. The zero-order chi connectivity index (χ0) is 12.3. The summed E-state index contributed by atoms with van der Waals surface area (Å²) in [7, 11) is 0. The first-order valence-corrected chi connectivity index (χ1v) is 5.71. The summed E-state index contributed by atoms with van der Waals surface area (Å²) in [6, 6.07) is 0. The number of hydrogen-bond donors (Lipinski definition) is 2. The Kier molecular flexibility index (Phi) is 3.41. The monoisotopic (exact) mass is 236 g/mol. The highest BCUT2D eigenvalue weighted by molar-refractivity contribution is 5.80. The molecule has 0 spiro atoms. The maximum atomic E-state index is 11.9. The van der Waals surface area contributed by atoms with Gasteiger partial charge < -0.3 is 15.6 Å². The third-order valence-electron chi connectivity index (χ3n) is 3.15. The molecule has 2 amide bonds. The summed E-state index contributed by atoms with van der Waals surface area (Å²) in [6.07, 6.45) is 4.88. The van der Waals surface area contributed by atoms with E-state index in [1.54, 1.807) is 17.4 Å². The molecule has 6 heteroatoms. The number of amides is 2. The number of nitrogens with two attached hydrogens (primary N) is 1. The van der Waals surface area contributed by atoms with Gasteiger partial charge in [0.25, 0.3) is 0 Å². The largest absolute Gasteiger partial charge is 0.369 e. The van der Waals surface area contributed by atoms with E-state index in [2.05, 4.69) is 9.97 Å². The number of carbonyl (C=O) groups is 2. The Morgan fingerprint density at radius 1 is 1.47 bits per heavy atom. The predicted molar refractivity (Wildman–Crippen MR) is 60.8 cm³/mol. The first-order chi connectivity index (χ1) is 8.16. The Hall–Kier alpha value is -1.85. The van der Waals surface area contributed by atoms with Crippen molar-refractivity contribution in [3.63, 3.8) is 0 Å². The van der Waals surface area contributed by atoms with Crippen molar-refractivity contribution >= 4 is 11.8 Å². The Labute approximate surface area is 99.2 Å². The van der Waals surface area contributed by atoms with Gasteiger partial charge in [-0.05, 0) is 12.8 Å². The Balaban J connectivity index is 1.84. The first kappa shape index (κ1) is 11.6. The number of H-pyrrole nitrogens is 1. The standard InChI is InChI=1S/C11H16N4O2/c12-11(17)8-1-3-15(4-2-8)10(16)5-9-6-13-7-14-9/h6-8H,1-5H2,(H2,12,17)(H,13,14). The fourth-order valence-electron chi connectivity index (χ4n) is 2.07. The fourth-order valence-corrected chi connectivity index (χ4v) is 2.07. The highest BCUT2D eigenvalue weighted by Gasteiger charge is 2.25. The van der Waals surface area contributed by atoms with Crippen LogP contribution in [0.25, 0.3) is 0 Å². The number of nitrogens with one attached hydrogen (secondary N) is 1. The maximum Gasteiger partial charge on any atom is 0.228 e. The Morgan fingerprint density at radius 2 is 2.18 bits per heavy atom. The quantitative estimate of drug-likeness (QED) is 0.753. The van der Waals surface area contributed by atoms with Gasteiger partial charge in [0.05, 0.1) is 12.7 Å². The molecule has 92 valence electrons. The second-order valence-corrected chi connectivity index (χ2v) is 4.31. The number of hydrogen-bond acceptors (Lipinski definition) is 3. The molecule has 1 aliphatic heterocycles. The van der Waals surface area contributed by atoms with Crippen LogP contribution in [0.3, 0.4) is 0 Å². The van der Waals surface area contributed by atoms with E-state index in [4.69, 9.17) is 5.73 Å². The Morgan fingerprint density at radius 3 is 2.71 bits per heavy atom. The first-order valence-electron chi connectivity index (χ1n) is 5.71. The Bertz CT molecular complexity index is 394. The molecule has 0 aliphatic carbocycles. The van der Waals surface area contributed by atoms with E-state index in [9.17, 15) is 9.59 Å². The van der Waals surface area contributed by atoms with Crippen molar-refractivity contribution in [2.75, 3.05) is 13.1 Å². The van der Waals surface area contributed by atoms with Crippen LogP contribution in [0.5, 0.6) is 0 Å². The molecule has 0 bridgehead atoms. The van der Waals surface area contributed by atoms with Crippen molar-refractivity contribution in [2.24, 2.45) is 11.7 Å². The predicted octanol–water partition coefficient (Wildman–Crippen LogP) is -0.324. The van der Waals surface area contributed by atoms with Gasteiger partial charge in [-0.15, -0.1) is 0 Å². The number of rotatable bonds is 3. The second-order valence-electron chi connectivity index (χ2n) is 4.31. The normalized spacial score (nSPS) is 17.1. The number of primary amides is 1. The van der Waals surface area contributed by atoms with Gasteiger partial charge >= 0.3 is 0 Å². The lowest BCUT2D eigenvalue weighted by Crippen LogP contribution is -2.42. The molecule has 0 aromatic carbocycles. The number of piperidine rings is 1. The third-order valence-corrected chi connectivity index (χ3v) is 3.15. The molecular formula is C11H16N4O2. The summed E-state index contributed by atoms with van der Waals surface area (Å²) in [4.78, 5) is 31.4. The molecule has 0 atom stereocenters. The summed E-state index contributed by atoms with van der Waals surface area (Å²) in [5, 5.41) is 0. The molecule has 0 unspecified atom stereocenters. The molecule has 1 saturated heterocycles. The molecule has 17 heavy (non-hydrogen) atoms. The van der Waals surface area contributed by atoms with E-state index in [-0.39, 0.29) is 17.7 Å². The highest BCUT2D eigenvalue weighted by atomic mass is 16.2. The highest BCUT2D eigenvalue weighted by Crippen LogP contribution is 2.17. The van der Waals surface area contributed by atoms with E-state index in [1.165, 1.54) is 0 Å². The lowest BCUT2D eigenvalue weighted by Gasteiger charge is -2.30. The summed E-state index contributed by atoms with van der Waals surface area (Å²) >= 11 is 0. The molecular weight excluding hydrogens is 220 g/mol. The summed E-state index contributed by atoms with van der Waals surface area (Å²) in [6.45, 7) is 1.22. The van der Waals surface area contributed by atoms with Crippen LogP contribution < -0.4 is 5.73 Å². The van der Waals surface area contributed by atoms with Crippen molar-refractivity contribution < 1.29 is 9.59 Å². The zero-order valence-electron chi connectivity index (χ0n) is 9.56. The van der Waals surface area contributed by atoms with Crippen LogP contribution in [0.2, 0.25) is 0 Å². The van der Waals surface area contributed by atoms with Crippen LogP contribution in [0.1, 0.15) is 18.5 Å². The number of imidazole rings is 1. The van der Waals surface area contributed by atoms with Gasteiger partial charge in [-0.1, -0.05) is 0 Å². The zero-order valence-corrected chi connectivity index (χ0v) is 9.56. The van der Waals surface area contributed by atoms with Gasteiger partial charge in [-0.2, -0.15) is 0 Å². The van der Waals surface area contributed by atoms with Crippen LogP contribution >= 0.6 is 0 Å². The van der Waals surface area contributed by atoms with Crippen LogP contribution in [0, 0.1) is 5.92 Å². The number of aromatic amines is 1. The number of carbonyl (C=O) groups excluding carboxylic acids is 2.